The summed E-state index contributed by atoms with van der Waals surface area (Å²) in [5, 5.41) is 2.90. The van der Waals surface area contributed by atoms with E-state index in [9.17, 15) is 0 Å². The smallest absolute Gasteiger partial charge is 0.328 e. The lowest BCUT2D eigenvalue weighted by Crippen LogP contribution is -2.11. The molecule has 0 unspecified atom stereocenters. The molecule has 0 aliphatic heterocycles. The molecule has 1 heterocycles. The van der Waals surface area contributed by atoms with Gasteiger partial charge in [0.1, 0.15) is 5.75 Å². The van der Waals surface area contributed by atoms with Crippen LogP contribution in [0.2, 0.25) is 5.28 Å². The van der Waals surface area contributed by atoms with Gasteiger partial charge in [-0.05, 0) is 41.1 Å². The van der Waals surface area contributed by atoms with Crippen LogP contribution >= 0.6 is 11.6 Å². The fourth-order valence-corrected chi connectivity index (χ4v) is 1.97. The number of halogens is 1. The molecule has 1 aromatic heterocycles. The molecule has 0 aliphatic carbocycles. The van der Waals surface area contributed by atoms with Crippen LogP contribution < -0.4 is 10.1 Å². The molecular weight excluding hydrogens is 288 g/mol. The average molecular weight is 307 g/mol. The third-order valence-electron chi connectivity index (χ3n) is 3.05. The zero-order valence-corrected chi connectivity index (χ0v) is 13.6. The van der Waals surface area contributed by atoms with Crippen molar-refractivity contribution in [2.45, 2.75) is 33.1 Å². The number of aromatic nitrogens is 3. The van der Waals surface area contributed by atoms with E-state index in [4.69, 9.17) is 16.3 Å². The van der Waals surface area contributed by atoms with Crippen molar-refractivity contribution >= 4 is 17.5 Å². The summed E-state index contributed by atoms with van der Waals surface area (Å²) in [5.41, 5.74) is 2.36. The predicted molar refractivity (Wildman–Crippen MR) is 84.3 cm³/mol. The predicted octanol–water partition coefficient (Wildman–Crippen LogP) is 3.96. The normalized spacial score (nSPS) is 11.3. The van der Waals surface area contributed by atoms with Gasteiger partial charge in [0.05, 0.1) is 0 Å². The number of hydrogen-bond donors (Lipinski definition) is 1. The molecule has 0 amide bonds. The zero-order valence-electron chi connectivity index (χ0n) is 12.9. The lowest BCUT2D eigenvalue weighted by molar-refractivity contribution is 0.436. The van der Waals surface area contributed by atoms with Crippen molar-refractivity contribution in [3.63, 3.8) is 0 Å². The molecule has 0 spiro atoms. The highest BCUT2D eigenvalue weighted by atomic mass is 35.5. The Morgan fingerprint density at radius 3 is 2.43 bits per heavy atom. The minimum atomic E-state index is 0.0910. The molecule has 0 radical (unpaired) electrons. The van der Waals surface area contributed by atoms with Gasteiger partial charge in [0.25, 0.3) is 0 Å². The van der Waals surface area contributed by atoms with Crippen molar-refractivity contribution in [1.29, 1.82) is 0 Å². The van der Waals surface area contributed by atoms with Crippen LogP contribution in [0.4, 0.5) is 5.95 Å². The van der Waals surface area contributed by atoms with Crippen LogP contribution in [-0.2, 0) is 5.41 Å². The molecule has 1 aromatic carbocycles. The number of nitrogens with zero attached hydrogens (tertiary/aromatic N) is 3. The number of nitrogens with one attached hydrogen (secondary N) is 1. The summed E-state index contributed by atoms with van der Waals surface area (Å²) < 4.78 is 5.71. The maximum absolute atomic E-state index is 5.84. The molecular formula is C15H19ClN4O. The number of ether oxygens (including phenoxy) is 1. The topological polar surface area (TPSA) is 59.9 Å². The van der Waals surface area contributed by atoms with Gasteiger partial charge in [0.15, 0.2) is 0 Å². The molecule has 1 N–H and O–H groups in total. The van der Waals surface area contributed by atoms with Crippen molar-refractivity contribution in [2.75, 3.05) is 12.4 Å². The second-order valence-electron chi connectivity index (χ2n) is 5.79. The molecule has 0 atom stereocenters. The average Bonchev–Trinajstić information content (AvgIpc) is 2.39. The van der Waals surface area contributed by atoms with E-state index in [1.807, 2.05) is 19.1 Å². The minimum absolute atomic E-state index is 0.0910. The Kier molecular flexibility index (Phi) is 4.32. The van der Waals surface area contributed by atoms with Gasteiger partial charge in [0, 0.05) is 7.05 Å². The van der Waals surface area contributed by atoms with Crippen LogP contribution in [0.3, 0.4) is 0 Å². The Morgan fingerprint density at radius 2 is 1.86 bits per heavy atom. The number of aryl methyl sites for hydroxylation is 1. The number of hydrogen-bond acceptors (Lipinski definition) is 5. The van der Waals surface area contributed by atoms with Crippen LogP contribution in [0.5, 0.6) is 11.8 Å². The Morgan fingerprint density at radius 1 is 1.14 bits per heavy atom. The largest absolute Gasteiger partial charge is 0.424 e. The molecule has 2 rings (SSSR count). The van der Waals surface area contributed by atoms with Crippen LogP contribution in [-0.4, -0.2) is 22.0 Å². The Labute approximate surface area is 129 Å². The standard InChI is InChI=1S/C15H19ClN4O/c1-9-8-10(15(2,3)4)6-7-11(9)21-14-19-12(16)18-13(17-5)20-14/h6-8H,1-5H3,(H,17,18,19,20). The quantitative estimate of drug-likeness (QED) is 0.930. The van der Waals surface area contributed by atoms with E-state index in [0.717, 1.165) is 5.56 Å². The van der Waals surface area contributed by atoms with Gasteiger partial charge in [-0.3, -0.25) is 0 Å². The summed E-state index contributed by atoms with van der Waals surface area (Å²) in [4.78, 5) is 12.0. The van der Waals surface area contributed by atoms with Gasteiger partial charge < -0.3 is 10.1 Å². The van der Waals surface area contributed by atoms with E-state index in [0.29, 0.717) is 11.7 Å². The maximum Gasteiger partial charge on any atom is 0.328 e. The van der Waals surface area contributed by atoms with E-state index in [1.165, 1.54) is 5.56 Å². The summed E-state index contributed by atoms with van der Waals surface area (Å²) in [5.74, 6) is 1.07. The summed E-state index contributed by atoms with van der Waals surface area (Å²) >= 11 is 5.84. The van der Waals surface area contributed by atoms with Crippen molar-refractivity contribution < 1.29 is 4.74 Å². The SMILES string of the molecule is CNc1nc(Cl)nc(Oc2ccc(C(C)(C)C)cc2C)n1. The summed E-state index contributed by atoms with van der Waals surface area (Å²) in [7, 11) is 1.71. The first-order chi connectivity index (χ1) is 9.79. The van der Waals surface area contributed by atoms with E-state index < -0.39 is 0 Å². The fourth-order valence-electron chi connectivity index (χ4n) is 1.82. The van der Waals surface area contributed by atoms with Crippen LogP contribution in [0.25, 0.3) is 0 Å². The lowest BCUT2D eigenvalue weighted by atomic mass is 9.86. The van der Waals surface area contributed by atoms with E-state index in [1.54, 1.807) is 7.05 Å². The lowest BCUT2D eigenvalue weighted by Gasteiger charge is -2.20. The van der Waals surface area contributed by atoms with Crippen molar-refractivity contribution in [2.24, 2.45) is 0 Å². The number of anilines is 1. The molecule has 112 valence electrons. The van der Waals surface area contributed by atoms with E-state index >= 15 is 0 Å². The highest BCUT2D eigenvalue weighted by Crippen LogP contribution is 2.29. The fraction of sp³-hybridized carbons (Fsp3) is 0.400. The molecule has 0 bridgehead atoms. The van der Waals surface area contributed by atoms with Crippen LogP contribution in [0.15, 0.2) is 18.2 Å². The van der Waals surface area contributed by atoms with Gasteiger partial charge >= 0.3 is 6.01 Å². The summed E-state index contributed by atoms with van der Waals surface area (Å²) in [6.07, 6.45) is 0. The highest BCUT2D eigenvalue weighted by molar-refractivity contribution is 6.28. The van der Waals surface area contributed by atoms with Crippen molar-refractivity contribution in [3.8, 4) is 11.8 Å². The zero-order chi connectivity index (χ0) is 15.6. The van der Waals surface area contributed by atoms with Crippen LogP contribution in [0, 0.1) is 6.92 Å². The number of rotatable bonds is 3. The summed E-state index contributed by atoms with van der Waals surface area (Å²) in [6, 6.07) is 6.25. The molecule has 2 aromatic rings. The monoisotopic (exact) mass is 306 g/mol. The van der Waals surface area contributed by atoms with Gasteiger partial charge in [0.2, 0.25) is 11.2 Å². The Balaban J connectivity index is 2.30. The molecule has 21 heavy (non-hydrogen) atoms. The van der Waals surface area contributed by atoms with Gasteiger partial charge in [-0.25, -0.2) is 0 Å². The van der Waals surface area contributed by atoms with Crippen molar-refractivity contribution in [3.05, 3.63) is 34.6 Å². The van der Waals surface area contributed by atoms with E-state index in [2.05, 4.69) is 47.1 Å². The molecule has 0 saturated carbocycles. The molecule has 0 aliphatic rings. The van der Waals surface area contributed by atoms with Crippen LogP contribution in [0.1, 0.15) is 31.9 Å². The third kappa shape index (κ3) is 3.82. The van der Waals surface area contributed by atoms with Gasteiger partial charge in [-0.15, -0.1) is 0 Å². The van der Waals surface area contributed by atoms with Gasteiger partial charge in [-0.2, -0.15) is 15.0 Å². The Hall–Kier alpha value is -1.88. The third-order valence-corrected chi connectivity index (χ3v) is 3.22. The first kappa shape index (κ1) is 15.5. The maximum atomic E-state index is 5.84. The first-order valence-electron chi connectivity index (χ1n) is 6.68. The highest BCUT2D eigenvalue weighted by Gasteiger charge is 2.15. The molecule has 0 fully saturated rings. The molecule has 5 nitrogen and oxygen atoms in total. The van der Waals surface area contributed by atoms with E-state index in [-0.39, 0.29) is 16.7 Å². The molecule has 0 saturated heterocycles. The van der Waals surface area contributed by atoms with Gasteiger partial charge in [-0.1, -0.05) is 32.9 Å². The second kappa shape index (κ2) is 5.85. The minimum Gasteiger partial charge on any atom is -0.424 e. The number of benzene rings is 1. The van der Waals surface area contributed by atoms with Crippen molar-refractivity contribution in [1.82, 2.24) is 15.0 Å². The second-order valence-corrected chi connectivity index (χ2v) is 6.13. The summed E-state index contributed by atoms with van der Waals surface area (Å²) in [6.45, 7) is 8.51. The first-order valence-corrected chi connectivity index (χ1v) is 7.05. The molecule has 6 heteroatoms. The Bertz CT molecular complexity index is 653.